The number of esters is 4. The van der Waals surface area contributed by atoms with Crippen LogP contribution in [-0.2, 0) is 42.9 Å². The molecule has 1 aliphatic rings. The van der Waals surface area contributed by atoms with Crippen LogP contribution in [0.25, 0.3) is 0 Å². The Morgan fingerprint density at radius 1 is 0.622 bits per heavy atom. The number of carbonyl (C=O) groups is 4. The zero-order valence-corrected chi connectivity index (χ0v) is 29.7. The number of ether oxygens (including phenoxy) is 5. The lowest BCUT2D eigenvalue weighted by molar-refractivity contribution is -0.176. The maximum atomic E-state index is 12.2. The van der Waals surface area contributed by atoms with Gasteiger partial charge in [0.15, 0.2) is 23.7 Å². The molecule has 262 valence electrons. The van der Waals surface area contributed by atoms with Crippen molar-refractivity contribution in [3.8, 4) is 0 Å². The second-order valence-electron chi connectivity index (χ2n) is 12.1. The molecule has 5 atom stereocenters. The lowest BCUT2D eigenvalue weighted by Crippen LogP contribution is -2.46. The van der Waals surface area contributed by atoms with Crippen molar-refractivity contribution < 1.29 is 42.9 Å². The zero-order valence-electron chi connectivity index (χ0n) is 28.9. The van der Waals surface area contributed by atoms with Gasteiger partial charge in [-0.2, -0.15) is 0 Å². The number of hydrogen-bond acceptors (Lipinski definition) is 11. The second-order valence-corrected chi connectivity index (χ2v) is 13.2. The summed E-state index contributed by atoms with van der Waals surface area (Å²) in [7, 11) is 0. The first-order valence-corrected chi connectivity index (χ1v) is 18.1. The van der Waals surface area contributed by atoms with E-state index in [4.69, 9.17) is 23.7 Å². The summed E-state index contributed by atoms with van der Waals surface area (Å²) in [6, 6.07) is 0. The van der Waals surface area contributed by atoms with E-state index in [2.05, 4.69) is 18.2 Å². The number of hydrogen-bond donors (Lipinski definition) is 0. The number of unbranched alkanes of at least 4 members (excludes halogenated alkanes) is 14. The minimum atomic E-state index is -1.06. The minimum absolute atomic E-state index is 0.290. The van der Waals surface area contributed by atoms with Gasteiger partial charge >= 0.3 is 23.9 Å². The lowest BCUT2D eigenvalue weighted by Gasteiger charge is -2.28. The third-order valence-electron chi connectivity index (χ3n) is 7.72. The molecular formula is C34H61NO9S. The van der Waals surface area contributed by atoms with Gasteiger partial charge in [-0.3, -0.25) is 19.2 Å². The molecule has 0 spiro atoms. The molecule has 11 heteroatoms. The molecule has 0 radical (unpaired) electrons. The summed E-state index contributed by atoms with van der Waals surface area (Å²) in [5, 5.41) is 0. The molecule has 0 bridgehead atoms. The number of rotatable bonds is 26. The van der Waals surface area contributed by atoms with Gasteiger partial charge in [-0.25, -0.2) is 4.31 Å². The van der Waals surface area contributed by atoms with Crippen molar-refractivity contribution in [1.29, 1.82) is 0 Å². The maximum Gasteiger partial charge on any atom is 0.303 e. The smallest absolute Gasteiger partial charge is 0.303 e. The van der Waals surface area contributed by atoms with E-state index in [-0.39, 0.29) is 6.61 Å². The lowest BCUT2D eigenvalue weighted by atomic mass is 10.1. The van der Waals surface area contributed by atoms with Gasteiger partial charge in [0.05, 0.1) is 0 Å². The highest BCUT2D eigenvalue weighted by molar-refractivity contribution is 7.97. The standard InChI is InChI=1S/C34H61NO9S/c1-7-9-11-13-15-17-19-21-23-35(24-22-20-18-16-14-12-10-8-2)45-34-33(43-29(6)39)32(42-28(5)38)31(44-34)30(41-27(4)37)25-40-26(3)36/h30-34H,7-25H2,1-6H3/t30-,31+,32+,33-,34?/m1/s1. The summed E-state index contributed by atoms with van der Waals surface area (Å²) in [5.41, 5.74) is -0.721. The molecule has 0 saturated carbocycles. The molecule has 1 unspecified atom stereocenters. The fraction of sp³-hybridized carbons (Fsp3) is 0.882. The van der Waals surface area contributed by atoms with Crippen molar-refractivity contribution >= 4 is 35.8 Å². The van der Waals surface area contributed by atoms with E-state index in [1.165, 1.54) is 117 Å². The number of carbonyl (C=O) groups excluding carboxylic acids is 4. The molecule has 0 aromatic heterocycles. The largest absolute Gasteiger partial charge is 0.462 e. The van der Waals surface area contributed by atoms with E-state index in [0.717, 1.165) is 38.8 Å². The summed E-state index contributed by atoms with van der Waals surface area (Å²) < 4.78 is 30.6. The first kappa shape index (κ1) is 41.2. The molecule has 45 heavy (non-hydrogen) atoms. The van der Waals surface area contributed by atoms with Crippen LogP contribution in [0.15, 0.2) is 0 Å². The van der Waals surface area contributed by atoms with Crippen LogP contribution in [0.2, 0.25) is 0 Å². The molecule has 1 heterocycles. The van der Waals surface area contributed by atoms with Crippen LogP contribution >= 0.6 is 11.9 Å². The van der Waals surface area contributed by atoms with Gasteiger partial charge in [0.25, 0.3) is 0 Å². The van der Waals surface area contributed by atoms with E-state index < -0.39 is 53.7 Å². The van der Waals surface area contributed by atoms with Crippen LogP contribution in [-0.4, -0.2) is 77.7 Å². The van der Waals surface area contributed by atoms with Gasteiger partial charge in [-0.1, -0.05) is 104 Å². The van der Waals surface area contributed by atoms with Gasteiger partial charge < -0.3 is 23.7 Å². The molecule has 0 amide bonds. The van der Waals surface area contributed by atoms with Gasteiger partial charge in [-0.05, 0) is 24.8 Å². The monoisotopic (exact) mass is 659 g/mol. The van der Waals surface area contributed by atoms with Gasteiger partial charge in [0.1, 0.15) is 12.7 Å². The highest BCUT2D eigenvalue weighted by Gasteiger charge is 2.54. The molecule has 0 aromatic carbocycles. The van der Waals surface area contributed by atoms with Crippen molar-refractivity contribution in [1.82, 2.24) is 4.31 Å². The van der Waals surface area contributed by atoms with Crippen LogP contribution in [0.4, 0.5) is 0 Å². The average Bonchev–Trinajstić information content (AvgIpc) is 3.28. The van der Waals surface area contributed by atoms with Gasteiger partial charge in [0, 0.05) is 40.8 Å². The quantitative estimate of drug-likeness (QED) is 0.0403. The average molecular weight is 660 g/mol. The van der Waals surface area contributed by atoms with Crippen molar-refractivity contribution in [2.75, 3.05) is 19.7 Å². The Morgan fingerprint density at radius 2 is 1.07 bits per heavy atom. The molecule has 1 saturated heterocycles. The predicted molar refractivity (Wildman–Crippen MR) is 176 cm³/mol. The van der Waals surface area contributed by atoms with Gasteiger partial charge in [-0.15, -0.1) is 0 Å². The zero-order chi connectivity index (χ0) is 33.5. The summed E-state index contributed by atoms with van der Waals surface area (Å²) >= 11 is 1.44. The second kappa shape index (κ2) is 25.3. The molecule has 0 N–H and O–H groups in total. The molecule has 1 rings (SSSR count). The van der Waals surface area contributed by atoms with Crippen LogP contribution in [0.3, 0.4) is 0 Å². The number of nitrogens with zero attached hydrogens (tertiary/aromatic N) is 1. The Labute approximate surface area is 276 Å². The van der Waals surface area contributed by atoms with E-state index in [9.17, 15) is 19.2 Å². The first-order chi connectivity index (χ1) is 21.6. The maximum absolute atomic E-state index is 12.2. The third kappa shape index (κ3) is 19.4. The predicted octanol–water partition coefficient (Wildman–Crippen LogP) is 7.30. The third-order valence-corrected chi connectivity index (χ3v) is 8.97. The topological polar surface area (TPSA) is 118 Å². The van der Waals surface area contributed by atoms with E-state index in [1.54, 1.807) is 0 Å². The first-order valence-electron chi connectivity index (χ1n) is 17.3. The normalized spacial score (nSPS) is 20.2. The van der Waals surface area contributed by atoms with Crippen LogP contribution in [0, 0.1) is 0 Å². The SMILES string of the molecule is CCCCCCCCCCN(CCCCCCCCCC)SC1O[C@@H]([C@@H](COC(C)=O)OC(C)=O)[C@H](OC(C)=O)[C@H]1OC(C)=O. The van der Waals surface area contributed by atoms with Crippen LogP contribution in [0.5, 0.6) is 0 Å². The molecule has 0 aliphatic carbocycles. The molecular weight excluding hydrogens is 598 g/mol. The summed E-state index contributed by atoms with van der Waals surface area (Å²) in [4.78, 5) is 47.9. The van der Waals surface area contributed by atoms with Crippen molar-refractivity contribution in [3.05, 3.63) is 0 Å². The summed E-state index contributed by atoms with van der Waals surface area (Å²) in [5.74, 6) is -2.31. The van der Waals surface area contributed by atoms with Crippen molar-refractivity contribution in [2.45, 2.75) is 174 Å². The van der Waals surface area contributed by atoms with Crippen molar-refractivity contribution in [2.24, 2.45) is 0 Å². The van der Waals surface area contributed by atoms with E-state index in [1.807, 2.05) is 0 Å². The fourth-order valence-electron chi connectivity index (χ4n) is 5.49. The highest BCUT2D eigenvalue weighted by atomic mass is 32.2. The Morgan fingerprint density at radius 3 is 1.49 bits per heavy atom. The fourth-order valence-corrected chi connectivity index (χ4v) is 6.76. The van der Waals surface area contributed by atoms with Crippen LogP contribution < -0.4 is 0 Å². The summed E-state index contributed by atoms with van der Waals surface area (Å²) in [6.45, 7) is 10.9. The molecule has 0 aromatic rings. The Balaban J connectivity index is 3.04. The van der Waals surface area contributed by atoms with E-state index >= 15 is 0 Å². The minimum Gasteiger partial charge on any atom is -0.462 e. The Hall–Kier alpha value is -1.85. The van der Waals surface area contributed by atoms with E-state index in [0.29, 0.717) is 0 Å². The Bertz CT molecular complexity index is 822. The van der Waals surface area contributed by atoms with Gasteiger partial charge in [0.2, 0.25) is 0 Å². The molecule has 10 nitrogen and oxygen atoms in total. The van der Waals surface area contributed by atoms with Crippen LogP contribution in [0.1, 0.15) is 144 Å². The summed E-state index contributed by atoms with van der Waals surface area (Å²) in [6.07, 6.45) is 15.4. The molecule has 1 fully saturated rings. The van der Waals surface area contributed by atoms with Crippen molar-refractivity contribution in [3.63, 3.8) is 0 Å². The Kier molecular flexibility index (Phi) is 23.1. The molecule has 1 aliphatic heterocycles. The highest BCUT2D eigenvalue weighted by Crippen LogP contribution is 2.38.